The van der Waals surface area contributed by atoms with E-state index in [1.807, 2.05) is 6.92 Å². The number of hydrogen-bond donors (Lipinski definition) is 2. The van der Waals surface area contributed by atoms with Gasteiger partial charge in [-0.25, -0.2) is 0 Å². The summed E-state index contributed by atoms with van der Waals surface area (Å²) in [5, 5.41) is 4.59. The van der Waals surface area contributed by atoms with E-state index in [-0.39, 0.29) is 0 Å². The molecule has 3 N–H and O–H groups in total. The molecule has 1 atom stereocenters. The SMILES string of the molecule is CCCCCC(C)Nc1snc(N)c1C. The highest BCUT2D eigenvalue weighted by molar-refractivity contribution is 7.10. The quantitative estimate of drug-likeness (QED) is 0.732. The van der Waals surface area contributed by atoms with Crippen LogP contribution in [0, 0.1) is 6.92 Å². The molecule has 0 radical (unpaired) electrons. The van der Waals surface area contributed by atoms with Crippen LogP contribution in [-0.2, 0) is 0 Å². The highest BCUT2D eigenvalue weighted by atomic mass is 32.1. The minimum atomic E-state index is 0.509. The van der Waals surface area contributed by atoms with Gasteiger partial charge in [0.15, 0.2) is 0 Å². The van der Waals surface area contributed by atoms with Gasteiger partial charge in [-0.05, 0) is 31.8 Å². The van der Waals surface area contributed by atoms with E-state index in [2.05, 4.69) is 23.5 Å². The molecule has 3 nitrogen and oxygen atoms in total. The molecule has 0 aliphatic heterocycles. The highest BCUT2D eigenvalue weighted by Crippen LogP contribution is 2.26. The summed E-state index contributed by atoms with van der Waals surface area (Å²) in [6, 6.07) is 0.509. The Labute approximate surface area is 96.2 Å². The average molecular weight is 227 g/mol. The first-order valence-corrected chi connectivity index (χ1v) is 6.40. The summed E-state index contributed by atoms with van der Waals surface area (Å²) in [5.74, 6) is 0.656. The molecule has 0 amide bonds. The molecule has 0 aliphatic rings. The zero-order valence-corrected chi connectivity index (χ0v) is 10.7. The Kier molecular flexibility index (Phi) is 4.88. The Balaban J connectivity index is 2.37. The van der Waals surface area contributed by atoms with Crippen LogP contribution >= 0.6 is 11.5 Å². The van der Waals surface area contributed by atoms with Crippen LogP contribution in [0.15, 0.2) is 0 Å². The first-order chi connectivity index (χ1) is 7.15. The van der Waals surface area contributed by atoms with Crippen molar-refractivity contribution < 1.29 is 0 Å². The second-order valence-electron chi connectivity index (χ2n) is 4.06. The Hall–Kier alpha value is -0.770. The van der Waals surface area contributed by atoms with Crippen molar-refractivity contribution >= 4 is 22.4 Å². The standard InChI is InChI=1S/C11H21N3S/c1-4-5-6-7-8(2)13-11-9(3)10(12)14-15-11/h8,13H,4-7H2,1-3H3,(H2,12,14). The lowest BCUT2D eigenvalue weighted by molar-refractivity contribution is 0.616. The summed E-state index contributed by atoms with van der Waals surface area (Å²) in [6.45, 7) is 6.46. The molecule has 1 rings (SSSR count). The van der Waals surface area contributed by atoms with E-state index in [1.54, 1.807) is 0 Å². The second kappa shape index (κ2) is 5.95. The van der Waals surface area contributed by atoms with Gasteiger partial charge in [-0.1, -0.05) is 26.2 Å². The third-order valence-corrected chi connectivity index (χ3v) is 3.47. The zero-order valence-electron chi connectivity index (χ0n) is 9.84. The van der Waals surface area contributed by atoms with Crippen molar-refractivity contribution in [3.05, 3.63) is 5.56 Å². The molecule has 0 aromatic carbocycles. The zero-order chi connectivity index (χ0) is 11.3. The number of rotatable bonds is 6. The summed E-state index contributed by atoms with van der Waals surface area (Å²) in [6.07, 6.45) is 5.10. The number of nitrogens with one attached hydrogen (secondary N) is 1. The normalized spacial score (nSPS) is 12.7. The van der Waals surface area contributed by atoms with Crippen LogP contribution in [-0.4, -0.2) is 10.4 Å². The summed E-state index contributed by atoms with van der Waals surface area (Å²) in [7, 11) is 0. The first kappa shape index (κ1) is 12.3. The average Bonchev–Trinajstić information content (AvgIpc) is 2.50. The smallest absolute Gasteiger partial charge is 0.142 e. The van der Waals surface area contributed by atoms with Gasteiger partial charge in [0, 0.05) is 11.6 Å². The number of unbranched alkanes of at least 4 members (excludes halogenated alkanes) is 2. The maximum Gasteiger partial charge on any atom is 0.142 e. The predicted molar refractivity (Wildman–Crippen MR) is 68.5 cm³/mol. The monoisotopic (exact) mass is 227 g/mol. The molecule has 0 saturated carbocycles. The molecule has 0 aliphatic carbocycles. The fourth-order valence-corrected chi connectivity index (χ4v) is 2.30. The lowest BCUT2D eigenvalue weighted by atomic mass is 10.1. The van der Waals surface area contributed by atoms with Crippen LogP contribution in [0.25, 0.3) is 0 Å². The largest absolute Gasteiger partial charge is 0.383 e. The lowest BCUT2D eigenvalue weighted by Crippen LogP contribution is -2.14. The van der Waals surface area contributed by atoms with Gasteiger partial charge in [0.05, 0.1) is 0 Å². The fourth-order valence-electron chi connectivity index (χ4n) is 1.48. The maximum absolute atomic E-state index is 5.70. The number of nitrogen functional groups attached to an aromatic ring is 1. The molecule has 4 heteroatoms. The topological polar surface area (TPSA) is 50.9 Å². The van der Waals surface area contributed by atoms with Crippen LogP contribution in [0.4, 0.5) is 10.8 Å². The minimum absolute atomic E-state index is 0.509. The van der Waals surface area contributed by atoms with E-state index in [1.165, 1.54) is 37.2 Å². The van der Waals surface area contributed by atoms with E-state index in [0.29, 0.717) is 11.9 Å². The predicted octanol–water partition coefficient (Wildman–Crippen LogP) is 3.41. The van der Waals surface area contributed by atoms with Crippen LogP contribution in [0.3, 0.4) is 0 Å². The number of nitrogens with zero attached hydrogens (tertiary/aromatic N) is 1. The number of anilines is 2. The molecule has 15 heavy (non-hydrogen) atoms. The van der Waals surface area contributed by atoms with Crippen LogP contribution in [0.1, 0.15) is 45.1 Å². The van der Waals surface area contributed by atoms with E-state index in [0.717, 1.165) is 10.6 Å². The molecular formula is C11H21N3S. The highest BCUT2D eigenvalue weighted by Gasteiger charge is 2.09. The van der Waals surface area contributed by atoms with Crippen LogP contribution in [0.5, 0.6) is 0 Å². The van der Waals surface area contributed by atoms with Gasteiger partial charge in [-0.2, -0.15) is 4.37 Å². The Bertz CT molecular complexity index is 296. The first-order valence-electron chi connectivity index (χ1n) is 5.63. The number of aromatic nitrogens is 1. The fraction of sp³-hybridized carbons (Fsp3) is 0.727. The summed E-state index contributed by atoms with van der Waals surface area (Å²) >= 11 is 1.46. The van der Waals surface area contributed by atoms with Gasteiger partial charge < -0.3 is 11.1 Å². The molecule has 1 unspecified atom stereocenters. The minimum Gasteiger partial charge on any atom is -0.383 e. The van der Waals surface area contributed by atoms with Gasteiger partial charge in [0.1, 0.15) is 10.8 Å². The molecule has 86 valence electrons. The van der Waals surface area contributed by atoms with Crippen molar-refractivity contribution in [1.82, 2.24) is 4.37 Å². The summed E-state index contributed by atoms with van der Waals surface area (Å²) < 4.78 is 4.12. The maximum atomic E-state index is 5.70. The Morgan fingerprint density at radius 3 is 2.73 bits per heavy atom. The Morgan fingerprint density at radius 1 is 1.47 bits per heavy atom. The lowest BCUT2D eigenvalue weighted by Gasteiger charge is -2.13. The third-order valence-electron chi connectivity index (χ3n) is 2.58. The number of hydrogen-bond acceptors (Lipinski definition) is 4. The van der Waals surface area contributed by atoms with Gasteiger partial charge in [0.25, 0.3) is 0 Å². The van der Waals surface area contributed by atoms with Crippen molar-refractivity contribution in [1.29, 1.82) is 0 Å². The molecule has 0 spiro atoms. The van der Waals surface area contributed by atoms with Crippen molar-refractivity contribution in [2.75, 3.05) is 11.1 Å². The van der Waals surface area contributed by atoms with Crippen LogP contribution < -0.4 is 11.1 Å². The summed E-state index contributed by atoms with van der Waals surface area (Å²) in [4.78, 5) is 0. The number of nitrogens with two attached hydrogens (primary N) is 1. The third kappa shape index (κ3) is 3.70. The molecule has 1 heterocycles. The van der Waals surface area contributed by atoms with Crippen molar-refractivity contribution in [3.63, 3.8) is 0 Å². The van der Waals surface area contributed by atoms with Gasteiger partial charge >= 0.3 is 0 Å². The molecule has 0 bridgehead atoms. The van der Waals surface area contributed by atoms with Gasteiger partial charge in [0.2, 0.25) is 0 Å². The molecule has 1 aromatic rings. The second-order valence-corrected chi connectivity index (χ2v) is 4.84. The van der Waals surface area contributed by atoms with Gasteiger partial charge in [-0.15, -0.1) is 0 Å². The van der Waals surface area contributed by atoms with E-state index < -0.39 is 0 Å². The van der Waals surface area contributed by atoms with Crippen molar-refractivity contribution in [3.8, 4) is 0 Å². The molecular weight excluding hydrogens is 206 g/mol. The van der Waals surface area contributed by atoms with E-state index >= 15 is 0 Å². The summed E-state index contributed by atoms with van der Waals surface area (Å²) in [5.41, 5.74) is 6.78. The van der Waals surface area contributed by atoms with Crippen molar-refractivity contribution in [2.45, 2.75) is 52.5 Å². The van der Waals surface area contributed by atoms with E-state index in [9.17, 15) is 0 Å². The van der Waals surface area contributed by atoms with Crippen LogP contribution in [0.2, 0.25) is 0 Å². The molecule has 0 saturated heterocycles. The van der Waals surface area contributed by atoms with Gasteiger partial charge in [-0.3, -0.25) is 0 Å². The van der Waals surface area contributed by atoms with E-state index in [4.69, 9.17) is 5.73 Å². The molecule has 1 aromatic heterocycles. The molecule has 0 fully saturated rings. The van der Waals surface area contributed by atoms with Crippen molar-refractivity contribution in [2.24, 2.45) is 0 Å². The Morgan fingerprint density at radius 2 is 2.20 bits per heavy atom.